The predicted molar refractivity (Wildman–Crippen MR) is 217 cm³/mol. The first-order chi connectivity index (χ1) is 27.0. The number of hydrogen-bond acceptors (Lipinski definition) is 11. The Hall–Kier alpha value is -2.63. The van der Waals surface area contributed by atoms with Crippen LogP contribution in [0.15, 0.2) is 36.7 Å². The van der Waals surface area contributed by atoms with Crippen LogP contribution in [0.3, 0.4) is 0 Å². The first kappa shape index (κ1) is 46.1. The molecule has 0 amide bonds. The van der Waals surface area contributed by atoms with E-state index in [1.807, 2.05) is 6.07 Å². The summed E-state index contributed by atoms with van der Waals surface area (Å²) < 4.78 is 37.5. The van der Waals surface area contributed by atoms with Crippen molar-refractivity contribution in [2.45, 2.75) is 166 Å². The maximum absolute atomic E-state index is 13.1. The Balaban J connectivity index is 1.20. The average Bonchev–Trinajstić information content (AvgIpc) is 3.71. The first-order valence-corrected chi connectivity index (χ1v) is 22.4. The molecule has 13 nitrogen and oxygen atoms in total. The van der Waals surface area contributed by atoms with E-state index in [0.29, 0.717) is 28.2 Å². The van der Waals surface area contributed by atoms with Crippen molar-refractivity contribution < 1.29 is 38.2 Å². The van der Waals surface area contributed by atoms with Crippen molar-refractivity contribution in [1.82, 2.24) is 14.6 Å². The van der Waals surface area contributed by atoms with Crippen LogP contribution < -0.4 is 5.73 Å². The van der Waals surface area contributed by atoms with E-state index < -0.39 is 44.4 Å². The number of aliphatic hydroxyl groups is 2. The van der Waals surface area contributed by atoms with Crippen LogP contribution in [0.25, 0.3) is 5.52 Å². The highest BCUT2D eigenvalue weighted by Gasteiger charge is 2.53. The Bertz CT molecular complexity index is 1710. The topological polar surface area (TPSA) is 195 Å². The van der Waals surface area contributed by atoms with Crippen LogP contribution in [-0.2, 0) is 29.7 Å². The second-order valence-corrected chi connectivity index (χ2v) is 17.2. The van der Waals surface area contributed by atoms with Crippen LogP contribution in [-0.4, -0.2) is 66.8 Å². The van der Waals surface area contributed by atoms with Gasteiger partial charge in [0.15, 0.2) is 5.82 Å². The van der Waals surface area contributed by atoms with E-state index in [9.17, 15) is 24.9 Å². The van der Waals surface area contributed by atoms with Gasteiger partial charge in [0.25, 0.3) is 0 Å². The van der Waals surface area contributed by atoms with Gasteiger partial charge >= 0.3 is 7.82 Å². The molecule has 0 bridgehead atoms. The molecule has 1 aliphatic heterocycles. The third kappa shape index (κ3) is 14.3. The maximum Gasteiger partial charge on any atom is 0.472 e. The molecule has 3 aromatic rings. The van der Waals surface area contributed by atoms with Gasteiger partial charge in [-0.2, -0.15) is 10.4 Å². The molecule has 56 heavy (non-hydrogen) atoms. The molecule has 4 rings (SSSR count). The summed E-state index contributed by atoms with van der Waals surface area (Å²) in [6, 6.07) is 10.4. The highest BCUT2D eigenvalue weighted by Crippen LogP contribution is 2.48. The third-order valence-corrected chi connectivity index (χ3v) is 11.9. The lowest BCUT2D eigenvalue weighted by atomic mass is 9.97. The number of aliphatic hydroxyl groups excluding tert-OH is 2. The molecule has 0 saturated carbocycles. The number of phosphoric ester groups is 1. The second-order valence-electron chi connectivity index (χ2n) is 15.3. The lowest BCUT2D eigenvalue weighted by molar-refractivity contribution is -0.101. The van der Waals surface area contributed by atoms with Gasteiger partial charge in [0.1, 0.15) is 41.8 Å². The van der Waals surface area contributed by atoms with Crippen molar-refractivity contribution in [3.63, 3.8) is 0 Å². The molecule has 1 saturated heterocycles. The summed E-state index contributed by atoms with van der Waals surface area (Å²) in [5, 5.41) is 35.6. The summed E-state index contributed by atoms with van der Waals surface area (Å²) >= 11 is 6.23. The molecular formula is C41H63ClN5O8P. The highest BCUT2D eigenvalue weighted by molar-refractivity contribution is 7.47. The van der Waals surface area contributed by atoms with Gasteiger partial charge in [-0.05, 0) is 43.2 Å². The van der Waals surface area contributed by atoms with Crippen LogP contribution in [0, 0.1) is 11.3 Å². The van der Waals surface area contributed by atoms with E-state index >= 15 is 0 Å². The molecule has 1 unspecified atom stereocenters. The largest absolute Gasteiger partial charge is 0.472 e. The number of ether oxygens (including phenoxy) is 2. The molecule has 0 radical (unpaired) electrons. The summed E-state index contributed by atoms with van der Waals surface area (Å²) in [7, 11) is -4.66. The number of rotatable bonds is 28. The summed E-state index contributed by atoms with van der Waals surface area (Å²) in [5.74, 6) is 0.233. The first-order valence-electron chi connectivity index (χ1n) is 20.5. The Labute approximate surface area is 337 Å². The zero-order valence-corrected chi connectivity index (χ0v) is 34.8. The van der Waals surface area contributed by atoms with Gasteiger partial charge in [-0.15, -0.1) is 0 Å². The van der Waals surface area contributed by atoms with Crippen molar-refractivity contribution in [1.29, 1.82) is 5.26 Å². The second kappa shape index (κ2) is 23.7. The van der Waals surface area contributed by atoms with Crippen molar-refractivity contribution in [2.24, 2.45) is 0 Å². The fraction of sp³-hybridized carbons (Fsp3) is 0.683. The number of nitriles is 1. The van der Waals surface area contributed by atoms with E-state index in [2.05, 4.69) is 17.0 Å². The highest BCUT2D eigenvalue weighted by atomic mass is 35.5. The molecular weight excluding hydrogens is 757 g/mol. The zero-order valence-electron chi connectivity index (χ0n) is 33.2. The Morgan fingerprint density at radius 1 is 0.964 bits per heavy atom. The number of nitrogen functional groups attached to an aromatic ring is 1. The van der Waals surface area contributed by atoms with Crippen LogP contribution in [0.5, 0.6) is 0 Å². The van der Waals surface area contributed by atoms with Crippen molar-refractivity contribution in [3.8, 4) is 6.07 Å². The normalized spacial score (nSPS) is 21.3. The van der Waals surface area contributed by atoms with Gasteiger partial charge in [-0.3, -0.25) is 9.05 Å². The standard InChI is InChI=1S/C41H63ClN5O8P/c1-3-4-5-6-7-8-9-10-11-12-13-14-15-16-17-18-19-20-33(52-27-31-21-22-32(26-43)34(42)25-31)28-53-56(50,51)54-29-41(2)39(49)37(48)38(55-41)35-23-24-36-40(44)45-30-46-47(35)36/h21-25,30,33,37-39,48-49H,3-20,27-29H2,1-2H3,(H,50,51)(H2,44,45,46)/t33-,37+,38+,39+,41-/m1/s1. The van der Waals surface area contributed by atoms with E-state index in [4.69, 9.17) is 35.9 Å². The summed E-state index contributed by atoms with van der Waals surface area (Å²) in [5.41, 5.74) is 6.41. The fourth-order valence-corrected chi connectivity index (χ4v) is 8.28. The predicted octanol–water partition coefficient (Wildman–Crippen LogP) is 9.15. The smallest absolute Gasteiger partial charge is 0.387 e. The quantitative estimate of drug-likeness (QED) is 0.0401. The molecule has 3 heterocycles. The SMILES string of the molecule is CCCCCCCCCCCCCCCCCCC[C@H](COP(=O)(O)OC[C@@]1(C)O[C@@H](c2ccc3c(N)ncnn23)[C@H](O)[C@@H]1O)OCc1ccc(C#N)c(Cl)c1. The number of nitrogens with two attached hydrogens (primary N) is 1. The average molecular weight is 820 g/mol. The van der Waals surface area contributed by atoms with Crippen molar-refractivity contribution in [3.05, 3.63) is 58.5 Å². The van der Waals surface area contributed by atoms with Crippen LogP contribution >= 0.6 is 19.4 Å². The van der Waals surface area contributed by atoms with E-state index in [0.717, 1.165) is 24.8 Å². The Morgan fingerprint density at radius 2 is 1.57 bits per heavy atom. The minimum atomic E-state index is -4.66. The van der Waals surface area contributed by atoms with Crippen LogP contribution in [0.2, 0.25) is 5.02 Å². The summed E-state index contributed by atoms with van der Waals surface area (Å²) in [6.45, 7) is 3.13. The third-order valence-electron chi connectivity index (χ3n) is 10.7. The Morgan fingerprint density at radius 3 is 2.16 bits per heavy atom. The minimum Gasteiger partial charge on any atom is -0.387 e. The molecule has 312 valence electrons. The number of aromatic nitrogens is 3. The lowest BCUT2D eigenvalue weighted by Gasteiger charge is -2.28. The van der Waals surface area contributed by atoms with Gasteiger partial charge in [0.05, 0.1) is 42.2 Å². The van der Waals surface area contributed by atoms with Gasteiger partial charge in [-0.1, -0.05) is 134 Å². The lowest BCUT2D eigenvalue weighted by Crippen LogP contribution is -2.44. The van der Waals surface area contributed by atoms with E-state index in [1.165, 1.54) is 108 Å². The van der Waals surface area contributed by atoms with Gasteiger partial charge in [0.2, 0.25) is 0 Å². The van der Waals surface area contributed by atoms with Gasteiger partial charge < -0.3 is 30.3 Å². The van der Waals surface area contributed by atoms with Crippen molar-refractivity contribution in [2.75, 3.05) is 18.9 Å². The van der Waals surface area contributed by atoms with Crippen LogP contribution in [0.4, 0.5) is 5.82 Å². The molecule has 6 atom stereocenters. The minimum absolute atomic E-state index is 0.164. The molecule has 15 heteroatoms. The number of benzene rings is 1. The molecule has 0 aliphatic carbocycles. The summed E-state index contributed by atoms with van der Waals surface area (Å²) in [4.78, 5) is 14.6. The fourth-order valence-electron chi connectivity index (χ4n) is 7.19. The number of fused-ring (bicyclic) bond motifs is 1. The number of phosphoric acid groups is 1. The molecule has 1 aliphatic rings. The Kier molecular flexibility index (Phi) is 19.5. The zero-order chi connectivity index (χ0) is 40.4. The number of nitrogens with zero attached hydrogens (tertiary/aromatic N) is 4. The monoisotopic (exact) mass is 819 g/mol. The molecule has 5 N–H and O–H groups in total. The number of hydrogen-bond donors (Lipinski definition) is 4. The number of anilines is 1. The van der Waals surface area contributed by atoms with Crippen LogP contribution in [0.1, 0.15) is 152 Å². The number of halogens is 1. The van der Waals surface area contributed by atoms with Crippen molar-refractivity contribution >= 4 is 30.8 Å². The molecule has 0 spiro atoms. The van der Waals surface area contributed by atoms with E-state index in [1.54, 1.807) is 30.3 Å². The van der Waals surface area contributed by atoms with Gasteiger partial charge in [0, 0.05) is 0 Å². The molecule has 1 aromatic carbocycles. The summed E-state index contributed by atoms with van der Waals surface area (Å²) in [6.07, 6.45) is 19.0. The molecule has 1 fully saturated rings. The molecule has 2 aromatic heterocycles. The van der Waals surface area contributed by atoms with Gasteiger partial charge in [-0.25, -0.2) is 14.1 Å². The number of unbranched alkanes of at least 4 members (excludes halogenated alkanes) is 16. The maximum atomic E-state index is 13.1. The van der Waals surface area contributed by atoms with E-state index in [-0.39, 0.29) is 19.0 Å².